The van der Waals surface area contributed by atoms with E-state index in [1.165, 1.54) is 33.6 Å². The molecule has 2 N–H and O–H groups in total. The van der Waals surface area contributed by atoms with Crippen molar-refractivity contribution in [1.29, 1.82) is 0 Å². The summed E-state index contributed by atoms with van der Waals surface area (Å²) in [6, 6.07) is 1.62. The SMILES string of the molecule is CN1CC(CN(C)S(=O)(=O)NC(=O)Nc2c3c(cc4c2CCC4)CCC3)C1.[K]. The van der Waals surface area contributed by atoms with Crippen molar-refractivity contribution in [2.24, 2.45) is 5.92 Å². The Balaban J connectivity index is 0.00000225. The minimum absolute atomic E-state index is 0. The summed E-state index contributed by atoms with van der Waals surface area (Å²) in [6.45, 7) is 2.19. The number of carbonyl (C=O) groups is 1. The summed E-state index contributed by atoms with van der Waals surface area (Å²) in [7, 11) is -0.317. The number of anilines is 1. The fraction of sp³-hybridized carbons (Fsp3) is 0.632. The Hall–Kier alpha value is -0.00364. The maximum absolute atomic E-state index is 12.5. The van der Waals surface area contributed by atoms with Crippen molar-refractivity contribution >= 4 is 73.3 Å². The molecule has 1 saturated heterocycles. The second-order valence-corrected chi connectivity index (χ2v) is 9.94. The van der Waals surface area contributed by atoms with Crippen molar-refractivity contribution in [2.75, 3.05) is 39.0 Å². The van der Waals surface area contributed by atoms with Gasteiger partial charge in [0.1, 0.15) is 0 Å². The first kappa shape index (κ1) is 22.7. The van der Waals surface area contributed by atoms with Gasteiger partial charge < -0.3 is 10.2 Å². The van der Waals surface area contributed by atoms with E-state index in [-0.39, 0.29) is 51.4 Å². The molecule has 9 heteroatoms. The van der Waals surface area contributed by atoms with Crippen LogP contribution in [-0.4, -0.2) is 109 Å². The number of hydrogen-bond donors (Lipinski definition) is 2. The van der Waals surface area contributed by atoms with Crippen molar-refractivity contribution in [1.82, 2.24) is 13.9 Å². The Morgan fingerprint density at radius 2 is 1.71 bits per heavy atom. The van der Waals surface area contributed by atoms with Gasteiger partial charge in [0.05, 0.1) is 0 Å². The molecular formula is C19H28KN4O3S. The average Bonchev–Trinajstić information content (AvgIpc) is 3.21. The monoisotopic (exact) mass is 431 g/mol. The summed E-state index contributed by atoms with van der Waals surface area (Å²) in [5.74, 6) is 0.320. The molecule has 1 heterocycles. The van der Waals surface area contributed by atoms with Crippen LogP contribution in [0.25, 0.3) is 0 Å². The van der Waals surface area contributed by atoms with Crippen LogP contribution in [0.4, 0.5) is 10.5 Å². The van der Waals surface area contributed by atoms with Gasteiger partial charge in [-0.25, -0.2) is 9.52 Å². The number of amides is 2. The molecular weight excluding hydrogens is 403 g/mol. The van der Waals surface area contributed by atoms with Gasteiger partial charge in [-0.1, -0.05) is 6.07 Å². The van der Waals surface area contributed by atoms with Crippen LogP contribution in [0.5, 0.6) is 0 Å². The van der Waals surface area contributed by atoms with E-state index in [1.54, 1.807) is 0 Å². The number of nitrogens with one attached hydrogen (secondary N) is 2. The minimum Gasteiger partial charge on any atom is -0.307 e. The van der Waals surface area contributed by atoms with Crippen LogP contribution in [0.2, 0.25) is 0 Å². The van der Waals surface area contributed by atoms with Crippen LogP contribution in [0.15, 0.2) is 6.07 Å². The molecule has 2 amide bonds. The molecule has 1 aliphatic heterocycles. The summed E-state index contributed by atoms with van der Waals surface area (Å²) in [6.07, 6.45) is 6.14. The molecule has 28 heavy (non-hydrogen) atoms. The number of nitrogens with zero attached hydrogens (tertiary/aromatic N) is 2. The first-order valence-electron chi connectivity index (χ1n) is 9.73. The Morgan fingerprint density at radius 3 is 2.25 bits per heavy atom. The third-order valence-electron chi connectivity index (χ3n) is 6.00. The van der Waals surface area contributed by atoms with Gasteiger partial charge in [-0.15, -0.1) is 0 Å². The van der Waals surface area contributed by atoms with E-state index >= 15 is 0 Å². The first-order chi connectivity index (χ1) is 12.8. The minimum atomic E-state index is -3.84. The van der Waals surface area contributed by atoms with Gasteiger partial charge in [-0.3, -0.25) is 0 Å². The quantitative estimate of drug-likeness (QED) is 0.685. The van der Waals surface area contributed by atoms with Crippen LogP contribution in [0, 0.1) is 5.92 Å². The molecule has 0 unspecified atom stereocenters. The fourth-order valence-electron chi connectivity index (χ4n) is 4.71. The molecule has 4 rings (SSSR count). The molecule has 0 spiro atoms. The smallest absolute Gasteiger partial charge is 0.307 e. The van der Waals surface area contributed by atoms with Gasteiger partial charge >= 0.3 is 16.2 Å². The molecule has 7 nitrogen and oxygen atoms in total. The predicted octanol–water partition coefficient (Wildman–Crippen LogP) is 1.14. The summed E-state index contributed by atoms with van der Waals surface area (Å²) in [4.78, 5) is 14.7. The van der Waals surface area contributed by atoms with Gasteiger partial charge in [0, 0.05) is 83.8 Å². The van der Waals surface area contributed by atoms with Crippen molar-refractivity contribution < 1.29 is 13.2 Å². The van der Waals surface area contributed by atoms with E-state index in [2.05, 4.69) is 21.0 Å². The van der Waals surface area contributed by atoms with E-state index in [1.807, 2.05) is 7.05 Å². The summed E-state index contributed by atoms with van der Waals surface area (Å²) < 4.78 is 28.4. The number of rotatable bonds is 5. The topological polar surface area (TPSA) is 81.8 Å². The largest absolute Gasteiger partial charge is 0.333 e. The number of benzene rings is 1. The van der Waals surface area contributed by atoms with Gasteiger partial charge in [-0.2, -0.15) is 12.7 Å². The summed E-state index contributed by atoms with van der Waals surface area (Å²) in [5, 5.41) is 2.88. The average molecular weight is 432 g/mol. The maximum atomic E-state index is 12.5. The zero-order valence-corrected chi connectivity index (χ0v) is 21.0. The van der Waals surface area contributed by atoms with Crippen molar-refractivity contribution in [2.45, 2.75) is 38.5 Å². The molecule has 1 radical (unpaired) electrons. The zero-order chi connectivity index (χ0) is 19.2. The molecule has 1 fully saturated rings. The third-order valence-corrected chi connectivity index (χ3v) is 7.41. The molecule has 0 aromatic heterocycles. The number of hydrogen-bond acceptors (Lipinski definition) is 4. The third kappa shape index (κ3) is 4.67. The van der Waals surface area contributed by atoms with Crippen LogP contribution >= 0.6 is 0 Å². The fourth-order valence-corrected chi connectivity index (χ4v) is 5.55. The first-order valence-corrected chi connectivity index (χ1v) is 11.2. The predicted molar refractivity (Wildman–Crippen MR) is 111 cm³/mol. The van der Waals surface area contributed by atoms with Gasteiger partial charge in [-0.05, 0) is 73.7 Å². The van der Waals surface area contributed by atoms with Crippen LogP contribution in [0.3, 0.4) is 0 Å². The van der Waals surface area contributed by atoms with E-state index in [4.69, 9.17) is 0 Å². The van der Waals surface area contributed by atoms with Crippen molar-refractivity contribution in [3.8, 4) is 0 Å². The van der Waals surface area contributed by atoms with Crippen LogP contribution < -0.4 is 10.0 Å². The van der Waals surface area contributed by atoms with Gasteiger partial charge in [0.25, 0.3) is 0 Å². The molecule has 0 bridgehead atoms. The summed E-state index contributed by atoms with van der Waals surface area (Å²) >= 11 is 0. The molecule has 1 aromatic carbocycles. The van der Waals surface area contributed by atoms with Crippen LogP contribution in [0.1, 0.15) is 35.1 Å². The second-order valence-electron chi connectivity index (χ2n) is 8.16. The van der Waals surface area contributed by atoms with Crippen LogP contribution in [-0.2, 0) is 35.9 Å². The second kappa shape index (κ2) is 9.01. The van der Waals surface area contributed by atoms with E-state index in [9.17, 15) is 13.2 Å². The molecule has 0 saturated carbocycles. The number of urea groups is 1. The number of likely N-dealkylation sites (tertiary alicyclic amines) is 1. The van der Waals surface area contributed by atoms with Crippen molar-refractivity contribution in [3.05, 3.63) is 28.3 Å². The maximum Gasteiger partial charge on any atom is 0.333 e. The standard InChI is InChI=1S/C19H28N4O3S.K/c1-22-10-13(11-22)12-23(2)27(25,26)21-19(24)20-18-16-7-3-5-14(16)9-15-6-4-8-17(15)18;/h9,13H,3-8,10-12H2,1-2H3,(H2,20,21,24);. The van der Waals surface area contributed by atoms with E-state index in [0.29, 0.717) is 12.5 Å². The number of carbonyl (C=O) groups excluding carboxylic acids is 1. The molecule has 3 aliphatic rings. The summed E-state index contributed by atoms with van der Waals surface area (Å²) in [5.41, 5.74) is 5.84. The Morgan fingerprint density at radius 1 is 1.14 bits per heavy atom. The molecule has 0 atom stereocenters. The molecule has 1 aromatic rings. The Bertz CT molecular complexity index is 836. The number of fused-ring (bicyclic) bond motifs is 2. The Kier molecular flexibility index (Phi) is 7.30. The van der Waals surface area contributed by atoms with Gasteiger partial charge in [0.2, 0.25) is 0 Å². The Labute approximate surface area is 210 Å². The number of aryl methyl sites for hydroxylation is 2. The van der Waals surface area contributed by atoms with Gasteiger partial charge in [0.15, 0.2) is 0 Å². The zero-order valence-electron chi connectivity index (χ0n) is 17.0. The van der Waals surface area contributed by atoms with E-state index in [0.717, 1.165) is 57.3 Å². The van der Waals surface area contributed by atoms with E-state index < -0.39 is 16.2 Å². The molecule has 2 aliphatic carbocycles. The van der Waals surface area contributed by atoms with Crippen molar-refractivity contribution in [3.63, 3.8) is 0 Å². The molecule has 149 valence electrons. The normalized spacial score (nSPS) is 19.0.